The summed E-state index contributed by atoms with van der Waals surface area (Å²) in [5.74, 6) is -1.52. The van der Waals surface area contributed by atoms with Crippen molar-refractivity contribution >= 4 is 29.0 Å². The predicted molar refractivity (Wildman–Crippen MR) is 119 cm³/mol. The zero-order chi connectivity index (χ0) is 22.4. The summed E-state index contributed by atoms with van der Waals surface area (Å²) in [6.07, 6.45) is 0. The molecule has 0 atom stereocenters. The van der Waals surface area contributed by atoms with E-state index in [0.29, 0.717) is 24.5 Å². The van der Waals surface area contributed by atoms with Gasteiger partial charge in [-0.2, -0.15) is 0 Å². The number of nitrogen functional groups attached to an aromatic ring is 1. The second-order valence-corrected chi connectivity index (χ2v) is 7.72. The van der Waals surface area contributed by atoms with Crippen molar-refractivity contribution in [3.8, 4) is 5.69 Å². The standard InChI is InChI=1S/C23H20FN5O3/c24-17-3-1-2-4-18(17)28-11-9-27(10-12-28)14-5-7-15(8-6-14)29-19(30)13-16-20(21(29)25)23(32)26-22(16)31/h1-8,13H,9-12,25H2,(H,26,31,32). The Morgan fingerprint density at radius 1 is 0.812 bits per heavy atom. The van der Waals surface area contributed by atoms with Gasteiger partial charge in [0.25, 0.3) is 17.4 Å². The first-order chi connectivity index (χ1) is 15.4. The number of piperazine rings is 1. The van der Waals surface area contributed by atoms with E-state index in [1.807, 2.05) is 23.1 Å². The zero-order valence-corrected chi connectivity index (χ0v) is 17.0. The maximum atomic E-state index is 14.1. The molecule has 0 bridgehead atoms. The Hall–Kier alpha value is -4.14. The normalized spacial score (nSPS) is 15.7. The SMILES string of the molecule is Nc1c2c(cc(=O)n1-c1ccc(N3CCN(c4ccccc4F)CC3)cc1)C(=O)NC2=O. The van der Waals surface area contributed by atoms with E-state index in [4.69, 9.17) is 5.73 Å². The lowest BCUT2D eigenvalue weighted by atomic mass is 10.1. The first kappa shape index (κ1) is 19.8. The lowest BCUT2D eigenvalue weighted by Crippen LogP contribution is -2.46. The van der Waals surface area contributed by atoms with Gasteiger partial charge in [0.05, 0.1) is 22.5 Å². The summed E-state index contributed by atoms with van der Waals surface area (Å²) in [5.41, 5.74) is 7.68. The molecule has 32 heavy (non-hydrogen) atoms. The topological polar surface area (TPSA) is 101 Å². The fraction of sp³-hybridized carbons (Fsp3) is 0.174. The molecule has 0 saturated carbocycles. The number of hydrogen-bond acceptors (Lipinski definition) is 6. The van der Waals surface area contributed by atoms with E-state index in [2.05, 4.69) is 10.2 Å². The molecule has 8 nitrogen and oxygen atoms in total. The summed E-state index contributed by atoms with van der Waals surface area (Å²) < 4.78 is 15.3. The first-order valence-corrected chi connectivity index (χ1v) is 10.2. The van der Waals surface area contributed by atoms with E-state index in [-0.39, 0.29) is 22.8 Å². The summed E-state index contributed by atoms with van der Waals surface area (Å²) in [7, 11) is 0. The summed E-state index contributed by atoms with van der Waals surface area (Å²) >= 11 is 0. The average Bonchev–Trinajstić information content (AvgIpc) is 3.08. The number of nitrogens with two attached hydrogens (primary N) is 1. The summed E-state index contributed by atoms with van der Waals surface area (Å²) in [6.45, 7) is 2.81. The van der Waals surface area contributed by atoms with Crippen molar-refractivity contribution in [2.45, 2.75) is 0 Å². The van der Waals surface area contributed by atoms with E-state index < -0.39 is 17.4 Å². The minimum Gasteiger partial charge on any atom is -0.384 e. The molecule has 162 valence electrons. The van der Waals surface area contributed by atoms with Gasteiger partial charge in [-0.05, 0) is 36.4 Å². The molecule has 5 rings (SSSR count). The largest absolute Gasteiger partial charge is 0.384 e. The molecule has 1 fully saturated rings. The van der Waals surface area contributed by atoms with Crippen LogP contribution < -0.4 is 26.4 Å². The highest BCUT2D eigenvalue weighted by Crippen LogP contribution is 2.26. The predicted octanol–water partition coefficient (Wildman–Crippen LogP) is 1.77. The lowest BCUT2D eigenvalue weighted by molar-refractivity contribution is 0.0880. The summed E-state index contributed by atoms with van der Waals surface area (Å²) in [4.78, 5) is 40.6. The summed E-state index contributed by atoms with van der Waals surface area (Å²) in [6, 6.07) is 15.1. The third kappa shape index (κ3) is 3.18. The number of carbonyl (C=O) groups excluding carboxylic acids is 2. The van der Waals surface area contributed by atoms with Crippen LogP contribution in [0.3, 0.4) is 0 Å². The van der Waals surface area contributed by atoms with Crippen molar-refractivity contribution in [2.24, 2.45) is 0 Å². The van der Waals surface area contributed by atoms with E-state index in [1.165, 1.54) is 10.6 Å². The molecule has 3 heterocycles. The van der Waals surface area contributed by atoms with Gasteiger partial charge in [-0.15, -0.1) is 0 Å². The number of benzene rings is 2. The number of pyridine rings is 1. The maximum absolute atomic E-state index is 14.1. The van der Waals surface area contributed by atoms with Crippen LogP contribution >= 0.6 is 0 Å². The van der Waals surface area contributed by atoms with Gasteiger partial charge in [-0.1, -0.05) is 12.1 Å². The van der Waals surface area contributed by atoms with Gasteiger partial charge in [0.2, 0.25) is 0 Å². The van der Waals surface area contributed by atoms with Crippen molar-refractivity contribution in [1.82, 2.24) is 9.88 Å². The minimum absolute atomic E-state index is 0.00176. The van der Waals surface area contributed by atoms with Crippen LogP contribution in [0.5, 0.6) is 0 Å². The third-order valence-electron chi connectivity index (χ3n) is 5.90. The number of carbonyl (C=O) groups is 2. The highest BCUT2D eigenvalue weighted by Gasteiger charge is 2.31. The molecular formula is C23H20FN5O3. The van der Waals surface area contributed by atoms with Gasteiger partial charge < -0.3 is 15.5 Å². The van der Waals surface area contributed by atoms with Crippen LogP contribution in [0.2, 0.25) is 0 Å². The van der Waals surface area contributed by atoms with Crippen molar-refractivity contribution < 1.29 is 14.0 Å². The minimum atomic E-state index is -0.620. The van der Waals surface area contributed by atoms with E-state index in [9.17, 15) is 18.8 Å². The number of imide groups is 1. The van der Waals surface area contributed by atoms with Gasteiger partial charge in [-0.3, -0.25) is 24.3 Å². The van der Waals surface area contributed by atoms with Gasteiger partial charge in [-0.25, -0.2) is 4.39 Å². The van der Waals surface area contributed by atoms with Crippen LogP contribution in [-0.4, -0.2) is 42.6 Å². The molecule has 0 spiro atoms. The second-order valence-electron chi connectivity index (χ2n) is 7.72. The molecule has 3 aromatic rings. The Balaban J connectivity index is 1.37. The molecule has 1 saturated heterocycles. The third-order valence-corrected chi connectivity index (χ3v) is 5.90. The molecule has 0 aliphatic carbocycles. The number of hydrogen-bond donors (Lipinski definition) is 2. The number of nitrogens with one attached hydrogen (secondary N) is 1. The fourth-order valence-corrected chi connectivity index (χ4v) is 4.27. The van der Waals surface area contributed by atoms with Gasteiger partial charge in [0.1, 0.15) is 11.6 Å². The van der Waals surface area contributed by atoms with E-state index in [0.717, 1.165) is 24.8 Å². The zero-order valence-electron chi connectivity index (χ0n) is 17.0. The molecule has 0 radical (unpaired) electrons. The molecule has 9 heteroatoms. The lowest BCUT2D eigenvalue weighted by Gasteiger charge is -2.37. The number of para-hydroxylation sites is 1. The van der Waals surface area contributed by atoms with Crippen molar-refractivity contribution in [2.75, 3.05) is 41.7 Å². The van der Waals surface area contributed by atoms with E-state index >= 15 is 0 Å². The Morgan fingerprint density at radius 3 is 2.12 bits per heavy atom. The van der Waals surface area contributed by atoms with Crippen LogP contribution in [0.4, 0.5) is 21.6 Å². The van der Waals surface area contributed by atoms with Gasteiger partial charge in [0, 0.05) is 37.9 Å². The van der Waals surface area contributed by atoms with Gasteiger partial charge in [0.15, 0.2) is 0 Å². The average molecular weight is 433 g/mol. The highest BCUT2D eigenvalue weighted by atomic mass is 19.1. The molecule has 0 unspecified atom stereocenters. The summed E-state index contributed by atoms with van der Waals surface area (Å²) in [5, 5.41) is 2.16. The van der Waals surface area contributed by atoms with Crippen molar-refractivity contribution in [1.29, 1.82) is 0 Å². The molecule has 2 amide bonds. The quantitative estimate of drug-likeness (QED) is 0.611. The number of halogens is 1. The fourth-order valence-electron chi connectivity index (χ4n) is 4.27. The number of amides is 2. The number of fused-ring (bicyclic) bond motifs is 1. The van der Waals surface area contributed by atoms with E-state index in [1.54, 1.807) is 24.3 Å². The van der Waals surface area contributed by atoms with Crippen LogP contribution in [0.1, 0.15) is 20.7 Å². The molecule has 3 N–H and O–H groups in total. The van der Waals surface area contributed by atoms with Crippen LogP contribution in [0.25, 0.3) is 5.69 Å². The monoisotopic (exact) mass is 433 g/mol. The second kappa shape index (κ2) is 7.52. The Labute approximate surface area is 182 Å². The number of rotatable bonds is 3. The Kier molecular flexibility index (Phi) is 4.66. The van der Waals surface area contributed by atoms with Crippen LogP contribution in [0.15, 0.2) is 59.4 Å². The van der Waals surface area contributed by atoms with Crippen LogP contribution in [0, 0.1) is 5.82 Å². The highest BCUT2D eigenvalue weighted by molar-refractivity contribution is 6.23. The number of nitrogens with zero attached hydrogens (tertiary/aromatic N) is 3. The molecule has 2 aliphatic rings. The molecule has 2 aliphatic heterocycles. The molecular weight excluding hydrogens is 413 g/mol. The molecule has 1 aromatic heterocycles. The van der Waals surface area contributed by atoms with Crippen molar-refractivity contribution in [3.05, 3.63) is 81.9 Å². The maximum Gasteiger partial charge on any atom is 0.262 e. The smallest absolute Gasteiger partial charge is 0.262 e. The van der Waals surface area contributed by atoms with Gasteiger partial charge >= 0.3 is 0 Å². The first-order valence-electron chi connectivity index (χ1n) is 10.2. The number of anilines is 3. The van der Waals surface area contributed by atoms with Crippen molar-refractivity contribution in [3.63, 3.8) is 0 Å². The Morgan fingerprint density at radius 2 is 1.44 bits per heavy atom. The number of aromatic nitrogens is 1. The Bertz CT molecular complexity index is 1290. The van der Waals surface area contributed by atoms with Crippen LogP contribution in [-0.2, 0) is 0 Å². The molecule has 2 aromatic carbocycles.